The lowest BCUT2D eigenvalue weighted by molar-refractivity contribution is 0.323. The third-order valence-electron chi connectivity index (χ3n) is 4.75. The Kier molecular flexibility index (Phi) is 5.72. The van der Waals surface area contributed by atoms with Crippen molar-refractivity contribution in [3.05, 3.63) is 23.8 Å². The molecule has 0 aromatic heterocycles. The van der Waals surface area contributed by atoms with Gasteiger partial charge in [-0.3, -0.25) is 4.21 Å². The van der Waals surface area contributed by atoms with Gasteiger partial charge in [0.25, 0.3) is 0 Å². The van der Waals surface area contributed by atoms with Crippen LogP contribution in [0.2, 0.25) is 0 Å². The van der Waals surface area contributed by atoms with E-state index >= 15 is 0 Å². The van der Waals surface area contributed by atoms with Crippen LogP contribution >= 0.6 is 0 Å². The molecule has 1 saturated carbocycles. The minimum atomic E-state index is -0.845. The molecule has 1 atom stereocenters. The molecule has 0 radical (unpaired) electrons. The van der Waals surface area contributed by atoms with Gasteiger partial charge in [-0.05, 0) is 63.4 Å². The second kappa shape index (κ2) is 7.77. The predicted molar refractivity (Wildman–Crippen MR) is 97.6 cm³/mol. The second-order valence-electron chi connectivity index (χ2n) is 6.96. The molecule has 3 rings (SSSR count). The van der Waals surface area contributed by atoms with Gasteiger partial charge in [-0.2, -0.15) is 0 Å². The molecule has 0 spiro atoms. The lowest BCUT2D eigenvalue weighted by Crippen LogP contribution is -2.30. The van der Waals surface area contributed by atoms with Crippen molar-refractivity contribution in [2.75, 3.05) is 44.5 Å². The zero-order chi connectivity index (χ0) is 16.2. The van der Waals surface area contributed by atoms with E-state index in [1.54, 1.807) is 0 Å². The number of rotatable bonds is 9. The highest BCUT2D eigenvalue weighted by Gasteiger charge is 2.22. The third-order valence-corrected chi connectivity index (χ3v) is 6.19. The van der Waals surface area contributed by atoms with E-state index in [4.69, 9.17) is 0 Å². The Labute approximate surface area is 142 Å². The molecule has 1 aliphatic heterocycles. The first kappa shape index (κ1) is 16.9. The summed E-state index contributed by atoms with van der Waals surface area (Å²) in [5.74, 6) is 0.637. The van der Waals surface area contributed by atoms with Crippen LogP contribution in [0.5, 0.6) is 0 Å². The van der Waals surface area contributed by atoms with Gasteiger partial charge in [-0.15, -0.1) is 0 Å². The maximum atomic E-state index is 12.1. The minimum absolute atomic E-state index is 0.637. The molecule has 2 aliphatic rings. The molecular formula is C18H29N3OS. The van der Waals surface area contributed by atoms with Gasteiger partial charge in [0.1, 0.15) is 0 Å². The molecule has 1 aromatic rings. The molecule has 1 heterocycles. The summed E-state index contributed by atoms with van der Waals surface area (Å²) in [7, 11) is 3.38. The number of hydrogen-bond donors (Lipinski definition) is 1. The zero-order valence-electron chi connectivity index (χ0n) is 14.4. The van der Waals surface area contributed by atoms with Gasteiger partial charge in [0.05, 0.1) is 27.3 Å². The number of nitrogens with one attached hydrogen (secondary N) is 1. The number of hydrogen-bond acceptors (Lipinski definition) is 4. The fraction of sp³-hybridized carbons (Fsp3) is 0.667. The SMILES string of the molecule is CN(CCCCc1ccc2c(c1)S(=O)CN2C)CCNC1CC1. The largest absolute Gasteiger partial charge is 0.361 e. The Morgan fingerprint density at radius 1 is 1.30 bits per heavy atom. The maximum absolute atomic E-state index is 12.1. The summed E-state index contributed by atoms with van der Waals surface area (Å²) >= 11 is 0. The molecule has 0 saturated heterocycles. The molecular weight excluding hydrogens is 306 g/mol. The van der Waals surface area contributed by atoms with E-state index in [1.165, 1.54) is 31.2 Å². The zero-order valence-corrected chi connectivity index (χ0v) is 15.2. The summed E-state index contributed by atoms with van der Waals surface area (Å²) in [6.07, 6.45) is 6.24. The average molecular weight is 336 g/mol. The Balaban J connectivity index is 1.35. The van der Waals surface area contributed by atoms with E-state index < -0.39 is 10.8 Å². The number of likely N-dealkylation sites (N-methyl/N-ethyl adjacent to an activating group) is 1. The summed E-state index contributed by atoms with van der Waals surface area (Å²) in [4.78, 5) is 5.52. The molecule has 1 N–H and O–H groups in total. The first-order chi connectivity index (χ1) is 11.1. The number of benzene rings is 1. The molecule has 1 aliphatic carbocycles. The Morgan fingerprint density at radius 2 is 2.13 bits per heavy atom. The fourth-order valence-corrected chi connectivity index (χ4v) is 4.47. The first-order valence-electron chi connectivity index (χ1n) is 8.78. The standard InChI is InChI=1S/C18H29N3OS/c1-20(12-10-19-16-7-8-16)11-4-3-5-15-6-9-17-18(13-15)23(22)14-21(17)2/h6,9,13,16,19H,3-5,7-8,10-12,14H2,1-2H3. The Morgan fingerprint density at radius 3 is 2.91 bits per heavy atom. The molecule has 1 unspecified atom stereocenters. The van der Waals surface area contributed by atoms with Crippen LogP contribution in [0.3, 0.4) is 0 Å². The van der Waals surface area contributed by atoms with E-state index in [-0.39, 0.29) is 0 Å². The number of anilines is 1. The molecule has 23 heavy (non-hydrogen) atoms. The summed E-state index contributed by atoms with van der Waals surface area (Å²) in [6, 6.07) is 7.29. The summed E-state index contributed by atoms with van der Waals surface area (Å²) in [5, 5.41) is 3.56. The molecule has 0 amide bonds. The van der Waals surface area contributed by atoms with Crippen molar-refractivity contribution < 1.29 is 4.21 Å². The van der Waals surface area contributed by atoms with E-state index in [0.717, 1.165) is 42.7 Å². The van der Waals surface area contributed by atoms with Crippen molar-refractivity contribution in [1.82, 2.24) is 10.2 Å². The van der Waals surface area contributed by atoms with Crippen LogP contribution in [0.15, 0.2) is 23.1 Å². The van der Waals surface area contributed by atoms with E-state index in [0.29, 0.717) is 5.88 Å². The van der Waals surface area contributed by atoms with Crippen molar-refractivity contribution in [2.24, 2.45) is 0 Å². The molecule has 4 nitrogen and oxygen atoms in total. The van der Waals surface area contributed by atoms with Crippen LogP contribution in [-0.2, 0) is 17.2 Å². The van der Waals surface area contributed by atoms with Crippen LogP contribution < -0.4 is 10.2 Å². The third kappa shape index (κ3) is 4.78. The van der Waals surface area contributed by atoms with Crippen LogP contribution in [0, 0.1) is 0 Å². The van der Waals surface area contributed by atoms with Crippen LogP contribution in [0.4, 0.5) is 5.69 Å². The van der Waals surface area contributed by atoms with Gasteiger partial charge in [-0.25, -0.2) is 0 Å². The molecule has 128 valence electrons. The number of fused-ring (bicyclic) bond motifs is 1. The first-order valence-corrected chi connectivity index (χ1v) is 10.1. The smallest absolute Gasteiger partial charge is 0.0982 e. The fourth-order valence-electron chi connectivity index (χ4n) is 3.10. The van der Waals surface area contributed by atoms with Gasteiger partial charge >= 0.3 is 0 Å². The highest BCUT2D eigenvalue weighted by atomic mass is 32.2. The van der Waals surface area contributed by atoms with Gasteiger partial charge in [0.2, 0.25) is 0 Å². The van der Waals surface area contributed by atoms with Crippen molar-refractivity contribution in [3.8, 4) is 0 Å². The van der Waals surface area contributed by atoms with Crippen molar-refractivity contribution in [1.29, 1.82) is 0 Å². The van der Waals surface area contributed by atoms with E-state index in [2.05, 4.69) is 40.4 Å². The van der Waals surface area contributed by atoms with Gasteiger partial charge < -0.3 is 15.1 Å². The van der Waals surface area contributed by atoms with Gasteiger partial charge in [0.15, 0.2) is 0 Å². The topological polar surface area (TPSA) is 35.6 Å². The predicted octanol–water partition coefficient (Wildman–Crippen LogP) is 2.21. The number of nitrogens with zero attached hydrogens (tertiary/aromatic N) is 2. The summed E-state index contributed by atoms with van der Waals surface area (Å²) in [6.45, 7) is 3.41. The Hall–Kier alpha value is -0.910. The number of aryl methyl sites for hydroxylation is 1. The molecule has 0 bridgehead atoms. The maximum Gasteiger partial charge on any atom is 0.0982 e. The van der Waals surface area contributed by atoms with Crippen LogP contribution in [0.1, 0.15) is 31.2 Å². The number of unbranched alkanes of at least 4 members (excludes halogenated alkanes) is 1. The summed E-state index contributed by atoms with van der Waals surface area (Å²) < 4.78 is 12.1. The molecule has 1 fully saturated rings. The minimum Gasteiger partial charge on any atom is -0.361 e. The van der Waals surface area contributed by atoms with E-state index in [9.17, 15) is 4.21 Å². The van der Waals surface area contributed by atoms with Crippen molar-refractivity contribution >= 4 is 16.5 Å². The van der Waals surface area contributed by atoms with E-state index in [1.807, 2.05) is 7.05 Å². The van der Waals surface area contributed by atoms with Gasteiger partial charge in [0, 0.05) is 26.2 Å². The Bertz CT molecular complexity index is 559. The summed E-state index contributed by atoms with van der Waals surface area (Å²) in [5.41, 5.74) is 2.46. The average Bonchev–Trinajstić information content (AvgIpc) is 3.31. The normalized spacial score (nSPS) is 20.3. The second-order valence-corrected chi connectivity index (χ2v) is 8.35. The van der Waals surface area contributed by atoms with Crippen molar-refractivity contribution in [3.63, 3.8) is 0 Å². The van der Waals surface area contributed by atoms with Crippen LogP contribution in [-0.4, -0.2) is 54.8 Å². The highest BCUT2D eigenvalue weighted by Crippen LogP contribution is 2.31. The molecule has 1 aromatic carbocycles. The molecule has 5 heteroatoms. The lowest BCUT2D eigenvalue weighted by atomic mass is 10.1. The monoisotopic (exact) mass is 335 g/mol. The lowest BCUT2D eigenvalue weighted by Gasteiger charge is -2.16. The van der Waals surface area contributed by atoms with Crippen molar-refractivity contribution in [2.45, 2.75) is 43.0 Å². The van der Waals surface area contributed by atoms with Crippen LogP contribution in [0.25, 0.3) is 0 Å². The quantitative estimate of drug-likeness (QED) is 0.702. The highest BCUT2D eigenvalue weighted by molar-refractivity contribution is 7.85. The van der Waals surface area contributed by atoms with Gasteiger partial charge in [-0.1, -0.05) is 6.07 Å².